The lowest BCUT2D eigenvalue weighted by Gasteiger charge is -2.32. The molecule has 1 aromatic rings. The van der Waals surface area contributed by atoms with Gasteiger partial charge in [-0.3, -0.25) is 0 Å². The number of likely N-dealkylation sites (tertiary alicyclic amines) is 1. The van der Waals surface area contributed by atoms with Gasteiger partial charge in [-0.05, 0) is 66.0 Å². The van der Waals surface area contributed by atoms with Crippen LogP contribution in [0.4, 0.5) is 0 Å². The smallest absolute Gasteiger partial charge is 0.463 e. The molecule has 0 spiro atoms. The molecule has 3 heterocycles. The number of rotatable bonds is 7. The summed E-state index contributed by atoms with van der Waals surface area (Å²) in [5.41, 5.74) is 0.0522. The van der Waals surface area contributed by atoms with Gasteiger partial charge in [0.1, 0.15) is 0 Å². The zero-order chi connectivity index (χ0) is 19.5. The number of nitrogens with zero attached hydrogens (tertiary/aromatic N) is 3. The standard InChI is InChI=1S/C19H32BN3O4/c1-18(2)19(3,4)27-20(26-18)16-13-21-17(22-14-16)25-12-7-15-5-8-23(9-6-15)10-11-24/h13-15,24H,5-12H2,1-4H3. The molecule has 0 bridgehead atoms. The highest BCUT2D eigenvalue weighted by molar-refractivity contribution is 6.61. The molecule has 27 heavy (non-hydrogen) atoms. The maximum Gasteiger partial charge on any atom is 0.498 e. The Hall–Kier alpha value is -1.22. The largest absolute Gasteiger partial charge is 0.498 e. The fourth-order valence-corrected chi connectivity index (χ4v) is 3.46. The average Bonchev–Trinajstić information content (AvgIpc) is 2.85. The fraction of sp³-hybridized carbons (Fsp3) is 0.789. The van der Waals surface area contributed by atoms with Gasteiger partial charge in [-0.2, -0.15) is 0 Å². The molecule has 7 nitrogen and oxygen atoms in total. The van der Waals surface area contributed by atoms with Crippen molar-refractivity contribution in [3.8, 4) is 6.01 Å². The molecule has 2 aliphatic rings. The molecule has 0 saturated carbocycles. The Kier molecular flexibility index (Phi) is 6.41. The van der Waals surface area contributed by atoms with Crippen molar-refractivity contribution < 1.29 is 19.2 Å². The van der Waals surface area contributed by atoms with Crippen LogP contribution in [0, 0.1) is 5.92 Å². The van der Waals surface area contributed by atoms with Gasteiger partial charge in [0, 0.05) is 24.4 Å². The van der Waals surface area contributed by atoms with E-state index in [1.165, 1.54) is 0 Å². The van der Waals surface area contributed by atoms with E-state index in [-0.39, 0.29) is 17.8 Å². The number of ether oxygens (including phenoxy) is 1. The van der Waals surface area contributed by atoms with Crippen molar-refractivity contribution in [3.05, 3.63) is 12.4 Å². The first-order valence-electron chi connectivity index (χ1n) is 9.94. The van der Waals surface area contributed by atoms with Gasteiger partial charge >= 0.3 is 13.1 Å². The molecule has 2 saturated heterocycles. The molecule has 0 aromatic carbocycles. The Balaban J connectivity index is 1.43. The number of aliphatic hydroxyl groups excluding tert-OH is 1. The Morgan fingerprint density at radius 1 is 1.15 bits per heavy atom. The van der Waals surface area contributed by atoms with E-state index < -0.39 is 7.12 Å². The summed E-state index contributed by atoms with van der Waals surface area (Å²) in [6.45, 7) is 11.9. The van der Waals surface area contributed by atoms with Crippen molar-refractivity contribution in [3.63, 3.8) is 0 Å². The molecule has 150 valence electrons. The predicted molar refractivity (Wildman–Crippen MR) is 104 cm³/mol. The molecular formula is C19H32BN3O4. The van der Waals surface area contributed by atoms with Gasteiger partial charge in [0.05, 0.1) is 24.4 Å². The van der Waals surface area contributed by atoms with Gasteiger partial charge in [-0.15, -0.1) is 0 Å². The average molecular weight is 377 g/mol. The number of hydrogen-bond donors (Lipinski definition) is 1. The van der Waals surface area contributed by atoms with E-state index >= 15 is 0 Å². The van der Waals surface area contributed by atoms with Gasteiger partial charge in [0.25, 0.3) is 0 Å². The van der Waals surface area contributed by atoms with E-state index in [1.54, 1.807) is 12.4 Å². The highest BCUT2D eigenvalue weighted by atomic mass is 16.7. The second-order valence-electron chi connectivity index (χ2n) is 8.53. The maximum absolute atomic E-state index is 9.00. The highest BCUT2D eigenvalue weighted by Gasteiger charge is 2.51. The van der Waals surface area contributed by atoms with Crippen LogP contribution in [-0.4, -0.2) is 71.1 Å². The van der Waals surface area contributed by atoms with Crippen LogP contribution in [0.15, 0.2) is 12.4 Å². The van der Waals surface area contributed by atoms with Gasteiger partial charge < -0.3 is 24.1 Å². The lowest BCUT2D eigenvalue weighted by Crippen LogP contribution is -2.41. The minimum atomic E-state index is -0.451. The molecule has 1 aromatic heterocycles. The number of piperidine rings is 1. The zero-order valence-electron chi connectivity index (χ0n) is 17.0. The summed E-state index contributed by atoms with van der Waals surface area (Å²) in [5, 5.41) is 9.00. The van der Waals surface area contributed by atoms with E-state index in [0.717, 1.165) is 44.4 Å². The van der Waals surface area contributed by atoms with Crippen LogP contribution in [0.5, 0.6) is 6.01 Å². The first-order chi connectivity index (χ1) is 12.8. The molecule has 0 aliphatic carbocycles. The van der Waals surface area contributed by atoms with Crippen molar-refractivity contribution in [2.75, 3.05) is 32.8 Å². The van der Waals surface area contributed by atoms with Crippen LogP contribution < -0.4 is 10.2 Å². The minimum absolute atomic E-state index is 0.243. The van der Waals surface area contributed by atoms with E-state index in [9.17, 15) is 0 Å². The van der Waals surface area contributed by atoms with Crippen LogP contribution in [0.25, 0.3) is 0 Å². The highest BCUT2D eigenvalue weighted by Crippen LogP contribution is 2.36. The molecule has 8 heteroatoms. The van der Waals surface area contributed by atoms with Crippen molar-refractivity contribution >= 4 is 12.6 Å². The second kappa shape index (κ2) is 8.43. The topological polar surface area (TPSA) is 76.9 Å². The Bertz CT molecular complexity index is 587. The SMILES string of the molecule is CC1(C)OB(c2cnc(OCCC3CCN(CCO)CC3)nc2)OC1(C)C. The third kappa shape index (κ3) is 4.99. The first-order valence-corrected chi connectivity index (χ1v) is 9.94. The van der Waals surface area contributed by atoms with Crippen LogP contribution in [-0.2, 0) is 9.31 Å². The molecule has 0 atom stereocenters. The summed E-state index contributed by atoms with van der Waals surface area (Å²) in [6.07, 6.45) is 6.77. The first kappa shape index (κ1) is 20.5. The van der Waals surface area contributed by atoms with Crippen LogP contribution >= 0.6 is 0 Å². The van der Waals surface area contributed by atoms with Crippen LogP contribution in [0.2, 0.25) is 0 Å². The van der Waals surface area contributed by atoms with Gasteiger partial charge in [-0.25, -0.2) is 9.97 Å². The number of aromatic nitrogens is 2. The molecule has 3 rings (SSSR count). The summed E-state index contributed by atoms with van der Waals surface area (Å²) in [6, 6.07) is 0.396. The second-order valence-corrected chi connectivity index (χ2v) is 8.53. The van der Waals surface area contributed by atoms with E-state index in [2.05, 4.69) is 14.9 Å². The monoisotopic (exact) mass is 377 g/mol. The third-order valence-corrected chi connectivity index (χ3v) is 6.05. The Labute approximate surface area is 162 Å². The molecule has 0 amide bonds. The summed E-state index contributed by atoms with van der Waals surface area (Å²) in [5.74, 6) is 0.670. The summed E-state index contributed by atoms with van der Waals surface area (Å²) in [7, 11) is -0.451. The number of β-amino-alcohol motifs (C(OH)–C–C–N with tert-alkyl or cyclic N) is 1. The minimum Gasteiger partial charge on any atom is -0.463 e. The predicted octanol–water partition coefficient (Wildman–Crippen LogP) is 1.25. The number of hydrogen-bond acceptors (Lipinski definition) is 7. The normalized spacial score (nSPS) is 22.9. The quantitative estimate of drug-likeness (QED) is 0.717. The molecule has 2 fully saturated rings. The van der Waals surface area contributed by atoms with Gasteiger partial charge in [0.2, 0.25) is 0 Å². The lowest BCUT2D eigenvalue weighted by atomic mass is 9.81. The van der Waals surface area contributed by atoms with Crippen molar-refractivity contribution in [1.82, 2.24) is 14.9 Å². The third-order valence-electron chi connectivity index (χ3n) is 6.05. The van der Waals surface area contributed by atoms with Crippen molar-refractivity contribution in [2.45, 2.75) is 58.2 Å². The van der Waals surface area contributed by atoms with Crippen LogP contribution in [0.1, 0.15) is 47.0 Å². The number of aliphatic hydroxyl groups is 1. The zero-order valence-corrected chi connectivity index (χ0v) is 17.0. The molecule has 2 aliphatic heterocycles. The summed E-state index contributed by atoms with van der Waals surface area (Å²) in [4.78, 5) is 10.9. The van der Waals surface area contributed by atoms with Crippen molar-refractivity contribution in [2.24, 2.45) is 5.92 Å². The van der Waals surface area contributed by atoms with Gasteiger partial charge in [-0.1, -0.05) is 0 Å². The van der Waals surface area contributed by atoms with Crippen molar-refractivity contribution in [1.29, 1.82) is 0 Å². The van der Waals surface area contributed by atoms with E-state index in [1.807, 2.05) is 27.7 Å². The Morgan fingerprint density at radius 3 is 2.30 bits per heavy atom. The molecule has 1 N–H and O–H groups in total. The summed E-state index contributed by atoms with van der Waals surface area (Å²) < 4.78 is 17.8. The Morgan fingerprint density at radius 2 is 1.74 bits per heavy atom. The molecule has 0 radical (unpaired) electrons. The van der Waals surface area contributed by atoms with Crippen LogP contribution in [0.3, 0.4) is 0 Å². The molecule has 0 unspecified atom stereocenters. The maximum atomic E-state index is 9.00. The van der Waals surface area contributed by atoms with E-state index in [4.69, 9.17) is 19.2 Å². The summed E-state index contributed by atoms with van der Waals surface area (Å²) >= 11 is 0. The lowest BCUT2D eigenvalue weighted by molar-refractivity contribution is 0.00578. The fourth-order valence-electron chi connectivity index (χ4n) is 3.46. The van der Waals surface area contributed by atoms with Gasteiger partial charge in [0.15, 0.2) is 0 Å². The molecular weight excluding hydrogens is 345 g/mol. The van der Waals surface area contributed by atoms with E-state index in [0.29, 0.717) is 18.5 Å².